The van der Waals surface area contributed by atoms with Gasteiger partial charge in [-0.2, -0.15) is 5.10 Å². The van der Waals surface area contributed by atoms with Crippen LogP contribution >= 0.6 is 0 Å². The molecule has 1 aromatic heterocycles. The number of allylic oxidation sites excluding steroid dienone is 2. The molecule has 2 aliphatic heterocycles. The summed E-state index contributed by atoms with van der Waals surface area (Å²) in [6, 6.07) is 3.72. The standard InChI is InChI=1S/C12H13N5/c1-16-11-4-2-3-7-17(11)12(15-16)10-6-5-9(13)8-14-10/h2-8,11H,13H2,1H3. The van der Waals surface area contributed by atoms with Gasteiger partial charge in [-0.15, -0.1) is 0 Å². The number of hydrazone groups is 1. The summed E-state index contributed by atoms with van der Waals surface area (Å²) in [4.78, 5) is 6.39. The van der Waals surface area contributed by atoms with Crippen LogP contribution in [0.15, 0.2) is 47.9 Å². The van der Waals surface area contributed by atoms with Crippen molar-refractivity contribution in [2.24, 2.45) is 5.10 Å². The second-order valence-electron chi connectivity index (χ2n) is 4.02. The summed E-state index contributed by atoms with van der Waals surface area (Å²) in [6.07, 6.45) is 9.90. The number of pyridine rings is 1. The topological polar surface area (TPSA) is 57.8 Å². The van der Waals surface area contributed by atoms with Gasteiger partial charge in [0.2, 0.25) is 0 Å². The van der Waals surface area contributed by atoms with Crippen LogP contribution in [-0.4, -0.2) is 33.9 Å². The molecule has 17 heavy (non-hydrogen) atoms. The van der Waals surface area contributed by atoms with Crippen molar-refractivity contribution in [1.82, 2.24) is 14.9 Å². The SMILES string of the molecule is CN1N=C(c2ccc(N)cn2)N2C=CC=CC12. The minimum absolute atomic E-state index is 0.148. The molecular weight excluding hydrogens is 214 g/mol. The van der Waals surface area contributed by atoms with E-state index in [0.717, 1.165) is 11.5 Å². The van der Waals surface area contributed by atoms with Crippen LogP contribution in [0.4, 0.5) is 5.69 Å². The number of hydrogen-bond acceptors (Lipinski definition) is 5. The second-order valence-corrected chi connectivity index (χ2v) is 4.02. The Morgan fingerprint density at radius 3 is 2.94 bits per heavy atom. The van der Waals surface area contributed by atoms with E-state index in [0.29, 0.717) is 5.69 Å². The Hall–Kier alpha value is -2.30. The number of hydrogen-bond donors (Lipinski definition) is 1. The average molecular weight is 227 g/mol. The number of aromatic nitrogens is 1. The van der Waals surface area contributed by atoms with Crippen molar-refractivity contribution < 1.29 is 0 Å². The van der Waals surface area contributed by atoms with Crippen LogP contribution in [0.1, 0.15) is 5.69 Å². The molecule has 3 heterocycles. The van der Waals surface area contributed by atoms with Gasteiger partial charge in [-0.1, -0.05) is 6.08 Å². The van der Waals surface area contributed by atoms with Crippen LogP contribution < -0.4 is 5.73 Å². The summed E-state index contributed by atoms with van der Waals surface area (Å²) >= 11 is 0. The van der Waals surface area contributed by atoms with E-state index in [9.17, 15) is 0 Å². The molecule has 0 aliphatic carbocycles. The summed E-state index contributed by atoms with van der Waals surface area (Å²) in [5.74, 6) is 0.845. The fourth-order valence-electron chi connectivity index (χ4n) is 1.97. The molecule has 1 aromatic rings. The number of rotatable bonds is 1. The van der Waals surface area contributed by atoms with E-state index in [1.165, 1.54) is 0 Å². The van der Waals surface area contributed by atoms with Crippen LogP contribution in [0.2, 0.25) is 0 Å². The molecule has 0 spiro atoms. The summed E-state index contributed by atoms with van der Waals surface area (Å²) in [6.45, 7) is 0. The molecule has 0 saturated carbocycles. The number of nitrogens with zero attached hydrogens (tertiary/aromatic N) is 4. The van der Waals surface area contributed by atoms with Gasteiger partial charge >= 0.3 is 0 Å². The Morgan fingerprint density at radius 2 is 2.18 bits per heavy atom. The van der Waals surface area contributed by atoms with Crippen molar-refractivity contribution in [2.75, 3.05) is 12.8 Å². The molecule has 5 heteroatoms. The summed E-state index contributed by atoms with van der Waals surface area (Å²) < 4.78 is 0. The van der Waals surface area contributed by atoms with Crippen molar-refractivity contribution in [3.05, 3.63) is 48.5 Å². The highest BCUT2D eigenvalue weighted by Crippen LogP contribution is 2.22. The number of nitrogens with two attached hydrogens (primary N) is 1. The van der Waals surface area contributed by atoms with Gasteiger partial charge in [0.1, 0.15) is 11.9 Å². The number of fused-ring (bicyclic) bond motifs is 1. The molecule has 0 bridgehead atoms. The van der Waals surface area contributed by atoms with Crippen LogP contribution in [0.5, 0.6) is 0 Å². The molecule has 5 nitrogen and oxygen atoms in total. The lowest BCUT2D eigenvalue weighted by atomic mass is 10.2. The third-order valence-corrected chi connectivity index (χ3v) is 2.82. The van der Waals surface area contributed by atoms with Gasteiger partial charge < -0.3 is 10.6 Å². The highest BCUT2D eigenvalue weighted by atomic mass is 15.6. The Labute approximate surface area is 99.5 Å². The molecule has 86 valence electrons. The molecule has 1 atom stereocenters. The quantitative estimate of drug-likeness (QED) is 0.777. The lowest BCUT2D eigenvalue weighted by Gasteiger charge is -2.26. The van der Waals surface area contributed by atoms with Gasteiger partial charge in [-0.3, -0.25) is 9.99 Å². The largest absolute Gasteiger partial charge is 0.397 e. The highest BCUT2D eigenvalue weighted by Gasteiger charge is 2.30. The predicted molar refractivity (Wildman–Crippen MR) is 66.9 cm³/mol. The van der Waals surface area contributed by atoms with E-state index in [-0.39, 0.29) is 6.17 Å². The van der Waals surface area contributed by atoms with Crippen LogP contribution in [0, 0.1) is 0 Å². The van der Waals surface area contributed by atoms with Crippen LogP contribution in [0.3, 0.4) is 0 Å². The Bertz CT molecular complexity index is 514. The maximum absolute atomic E-state index is 5.63. The third kappa shape index (κ3) is 1.56. The zero-order valence-electron chi connectivity index (χ0n) is 9.49. The molecular formula is C12H13N5. The normalized spacial score (nSPS) is 21.7. The number of likely N-dealkylation sites (N-methyl/N-ethyl adjacent to an activating group) is 1. The average Bonchev–Trinajstić information content (AvgIpc) is 2.69. The zero-order chi connectivity index (χ0) is 11.8. The minimum atomic E-state index is 0.148. The van der Waals surface area contributed by atoms with Crippen molar-refractivity contribution in [1.29, 1.82) is 0 Å². The smallest absolute Gasteiger partial charge is 0.180 e. The van der Waals surface area contributed by atoms with E-state index < -0.39 is 0 Å². The van der Waals surface area contributed by atoms with Gasteiger partial charge in [0.15, 0.2) is 5.84 Å². The van der Waals surface area contributed by atoms with Gasteiger partial charge in [0.05, 0.1) is 11.9 Å². The van der Waals surface area contributed by atoms with Crippen molar-refractivity contribution in [2.45, 2.75) is 6.17 Å². The number of amidine groups is 1. The van der Waals surface area contributed by atoms with Crippen molar-refractivity contribution in [3.63, 3.8) is 0 Å². The first-order valence-electron chi connectivity index (χ1n) is 5.42. The van der Waals surface area contributed by atoms with Gasteiger partial charge in [0, 0.05) is 13.2 Å². The Balaban J connectivity index is 1.98. The molecule has 0 aromatic carbocycles. The van der Waals surface area contributed by atoms with Crippen molar-refractivity contribution >= 4 is 11.5 Å². The molecule has 2 N–H and O–H groups in total. The first-order valence-corrected chi connectivity index (χ1v) is 5.42. The minimum Gasteiger partial charge on any atom is -0.397 e. The van der Waals surface area contributed by atoms with Gasteiger partial charge in [-0.25, -0.2) is 0 Å². The first kappa shape index (κ1) is 9.89. The molecule has 0 amide bonds. The zero-order valence-corrected chi connectivity index (χ0v) is 9.49. The summed E-state index contributed by atoms with van der Waals surface area (Å²) in [5.41, 5.74) is 7.12. The van der Waals surface area contributed by atoms with Gasteiger partial charge in [0.25, 0.3) is 0 Å². The first-order chi connectivity index (χ1) is 8.25. The Morgan fingerprint density at radius 1 is 1.29 bits per heavy atom. The summed E-state index contributed by atoms with van der Waals surface area (Å²) in [5, 5.41) is 6.41. The van der Waals surface area contributed by atoms with Crippen LogP contribution in [-0.2, 0) is 0 Å². The lowest BCUT2D eigenvalue weighted by molar-refractivity contribution is 0.240. The number of anilines is 1. The molecule has 2 aliphatic rings. The van der Waals surface area contributed by atoms with Crippen LogP contribution in [0.25, 0.3) is 0 Å². The second kappa shape index (κ2) is 3.62. The third-order valence-electron chi connectivity index (χ3n) is 2.82. The molecule has 1 unspecified atom stereocenters. The molecule has 0 fully saturated rings. The molecule has 3 rings (SSSR count). The predicted octanol–water partition coefficient (Wildman–Crippen LogP) is 0.982. The van der Waals surface area contributed by atoms with E-state index in [4.69, 9.17) is 5.73 Å². The van der Waals surface area contributed by atoms with E-state index >= 15 is 0 Å². The maximum Gasteiger partial charge on any atom is 0.180 e. The van der Waals surface area contributed by atoms with E-state index in [1.807, 2.05) is 42.5 Å². The van der Waals surface area contributed by atoms with E-state index in [2.05, 4.69) is 21.1 Å². The molecule has 0 radical (unpaired) electrons. The fourth-order valence-corrected chi connectivity index (χ4v) is 1.97. The number of nitrogen functional groups attached to an aromatic ring is 1. The highest BCUT2D eigenvalue weighted by molar-refractivity contribution is 5.99. The van der Waals surface area contributed by atoms with Crippen molar-refractivity contribution in [3.8, 4) is 0 Å². The Kier molecular flexibility index (Phi) is 2.11. The fraction of sp³-hybridized carbons (Fsp3) is 0.167. The maximum atomic E-state index is 5.63. The summed E-state index contributed by atoms with van der Waals surface area (Å²) in [7, 11) is 1.95. The van der Waals surface area contributed by atoms with E-state index in [1.54, 1.807) is 6.20 Å². The monoisotopic (exact) mass is 227 g/mol. The lowest BCUT2D eigenvalue weighted by Crippen LogP contribution is -2.37. The molecule has 0 saturated heterocycles. The van der Waals surface area contributed by atoms with Gasteiger partial charge in [-0.05, 0) is 24.3 Å².